The van der Waals surface area contributed by atoms with E-state index < -0.39 is 0 Å². The maximum atomic E-state index is 12.3. The molecule has 2 aromatic carbocycles. The van der Waals surface area contributed by atoms with Gasteiger partial charge in [-0.3, -0.25) is 4.79 Å². The summed E-state index contributed by atoms with van der Waals surface area (Å²) >= 11 is 3.38. The van der Waals surface area contributed by atoms with Crippen LogP contribution in [0.1, 0.15) is 56.2 Å². The first-order chi connectivity index (χ1) is 12.4. The maximum absolute atomic E-state index is 12.3. The first-order valence-electron chi connectivity index (χ1n) is 8.72. The van der Waals surface area contributed by atoms with Crippen molar-refractivity contribution >= 4 is 33.7 Å². The fraction of sp³-hybridized carbons (Fsp3) is 0.333. The van der Waals surface area contributed by atoms with Crippen molar-refractivity contribution in [3.8, 4) is 0 Å². The predicted molar refractivity (Wildman–Crippen MR) is 111 cm³/mol. The van der Waals surface area contributed by atoms with E-state index in [1.165, 1.54) is 0 Å². The van der Waals surface area contributed by atoms with Crippen LogP contribution in [0.2, 0.25) is 0 Å². The highest BCUT2D eigenvalue weighted by Crippen LogP contribution is 2.32. The highest BCUT2D eigenvalue weighted by Gasteiger charge is 2.16. The Morgan fingerprint density at radius 3 is 2.19 bits per heavy atom. The molecule has 0 fully saturated rings. The van der Waals surface area contributed by atoms with Gasteiger partial charge in [0.25, 0.3) is 5.91 Å². The highest BCUT2D eigenvalue weighted by molar-refractivity contribution is 9.10. The standard InChI is InChI=1S/C21H25BrN2O2/c1-14(2)18-6-5-7-19(15(3)4)21(18)24-20(25)13-26-23-12-16-8-10-17(22)11-9-16/h5-12,14-15H,13H2,1-4H3,(H,24,25)/b23-12-. The monoisotopic (exact) mass is 416 g/mol. The lowest BCUT2D eigenvalue weighted by atomic mass is 9.92. The first kappa shape index (κ1) is 20.2. The molecule has 1 N–H and O–H groups in total. The molecule has 0 aromatic heterocycles. The molecule has 0 atom stereocenters. The second-order valence-corrected chi connectivity index (χ2v) is 7.64. The van der Waals surface area contributed by atoms with Crippen LogP contribution in [0.5, 0.6) is 0 Å². The number of hydrogen-bond acceptors (Lipinski definition) is 3. The van der Waals surface area contributed by atoms with E-state index in [1.807, 2.05) is 30.3 Å². The molecule has 0 unspecified atom stereocenters. The van der Waals surface area contributed by atoms with Crippen LogP contribution in [0, 0.1) is 0 Å². The average Bonchev–Trinajstić information content (AvgIpc) is 2.60. The van der Waals surface area contributed by atoms with Crippen LogP contribution >= 0.6 is 15.9 Å². The van der Waals surface area contributed by atoms with Gasteiger partial charge in [-0.05, 0) is 40.7 Å². The summed E-state index contributed by atoms with van der Waals surface area (Å²) in [5.41, 5.74) is 4.05. The van der Waals surface area contributed by atoms with Gasteiger partial charge in [-0.25, -0.2) is 0 Å². The largest absolute Gasteiger partial charge is 0.386 e. The van der Waals surface area contributed by atoms with Crippen LogP contribution in [0.4, 0.5) is 5.69 Å². The van der Waals surface area contributed by atoms with Gasteiger partial charge in [0.2, 0.25) is 0 Å². The number of rotatable bonds is 7. The maximum Gasteiger partial charge on any atom is 0.265 e. The zero-order valence-corrected chi connectivity index (χ0v) is 17.2. The molecule has 0 radical (unpaired) electrons. The predicted octanol–water partition coefficient (Wildman–Crippen LogP) is 5.69. The van der Waals surface area contributed by atoms with Crippen molar-refractivity contribution in [3.05, 3.63) is 63.6 Å². The summed E-state index contributed by atoms with van der Waals surface area (Å²) in [4.78, 5) is 17.5. The third kappa shape index (κ3) is 5.70. The summed E-state index contributed by atoms with van der Waals surface area (Å²) in [5, 5.41) is 6.87. The molecule has 0 spiro atoms. The smallest absolute Gasteiger partial charge is 0.265 e. The highest BCUT2D eigenvalue weighted by atomic mass is 79.9. The quantitative estimate of drug-likeness (QED) is 0.465. The van der Waals surface area contributed by atoms with Gasteiger partial charge >= 0.3 is 0 Å². The van der Waals surface area contributed by atoms with Gasteiger partial charge in [-0.1, -0.05) is 79.1 Å². The van der Waals surface area contributed by atoms with E-state index in [-0.39, 0.29) is 12.5 Å². The van der Waals surface area contributed by atoms with Crippen LogP contribution < -0.4 is 5.32 Å². The zero-order chi connectivity index (χ0) is 19.1. The second kappa shape index (κ2) is 9.53. The number of oxime groups is 1. The molecule has 0 aliphatic heterocycles. The molecule has 26 heavy (non-hydrogen) atoms. The van der Waals surface area contributed by atoms with Crippen molar-refractivity contribution < 1.29 is 9.63 Å². The van der Waals surface area contributed by atoms with Gasteiger partial charge in [-0.2, -0.15) is 0 Å². The Labute approximate surface area is 163 Å². The minimum absolute atomic E-state index is 0.128. The number of halogens is 1. The molecule has 2 aromatic rings. The summed E-state index contributed by atoms with van der Waals surface area (Å²) in [7, 11) is 0. The van der Waals surface area contributed by atoms with E-state index >= 15 is 0 Å². The third-order valence-corrected chi connectivity index (χ3v) is 4.51. The third-order valence-electron chi connectivity index (χ3n) is 3.98. The fourth-order valence-electron chi connectivity index (χ4n) is 2.61. The molecule has 2 rings (SSSR count). The molecular formula is C21H25BrN2O2. The SMILES string of the molecule is CC(C)c1cccc(C(C)C)c1NC(=O)CO/N=C\c1ccc(Br)cc1. The number of nitrogens with zero attached hydrogens (tertiary/aromatic N) is 1. The van der Waals surface area contributed by atoms with Crippen molar-refractivity contribution in [1.29, 1.82) is 0 Å². The molecule has 1 amide bonds. The number of nitrogens with one attached hydrogen (secondary N) is 1. The molecule has 0 aliphatic rings. The van der Waals surface area contributed by atoms with E-state index in [1.54, 1.807) is 6.21 Å². The summed E-state index contributed by atoms with van der Waals surface area (Å²) in [5.74, 6) is 0.425. The van der Waals surface area contributed by atoms with E-state index in [0.29, 0.717) is 11.8 Å². The van der Waals surface area contributed by atoms with Gasteiger partial charge in [0.15, 0.2) is 6.61 Å². The zero-order valence-electron chi connectivity index (χ0n) is 15.6. The van der Waals surface area contributed by atoms with Crippen LogP contribution in [0.3, 0.4) is 0 Å². The normalized spacial score (nSPS) is 11.3. The van der Waals surface area contributed by atoms with Crippen molar-refractivity contribution in [3.63, 3.8) is 0 Å². The fourth-order valence-corrected chi connectivity index (χ4v) is 2.88. The van der Waals surface area contributed by atoms with Crippen molar-refractivity contribution in [2.45, 2.75) is 39.5 Å². The number of carbonyl (C=O) groups is 1. The minimum atomic E-state index is -0.215. The Morgan fingerprint density at radius 2 is 1.65 bits per heavy atom. The Kier molecular flexibility index (Phi) is 7.39. The number of benzene rings is 2. The number of para-hydroxylation sites is 1. The molecule has 0 heterocycles. The lowest BCUT2D eigenvalue weighted by molar-refractivity contribution is -0.120. The molecule has 0 aliphatic carbocycles. The molecule has 0 bridgehead atoms. The average molecular weight is 417 g/mol. The summed E-state index contributed by atoms with van der Waals surface area (Å²) < 4.78 is 1.000. The van der Waals surface area contributed by atoms with Crippen LogP contribution in [0.25, 0.3) is 0 Å². The number of amides is 1. The molecule has 0 saturated heterocycles. The van der Waals surface area contributed by atoms with E-state index in [2.05, 4.69) is 66.2 Å². The van der Waals surface area contributed by atoms with Gasteiger partial charge < -0.3 is 10.2 Å². The molecule has 0 saturated carbocycles. The Bertz CT molecular complexity index is 742. The molecule has 138 valence electrons. The topological polar surface area (TPSA) is 50.7 Å². The summed E-state index contributed by atoms with van der Waals surface area (Å²) in [6.45, 7) is 8.35. The Morgan fingerprint density at radius 1 is 1.08 bits per heavy atom. The summed E-state index contributed by atoms with van der Waals surface area (Å²) in [6, 6.07) is 13.8. The van der Waals surface area contributed by atoms with Gasteiger partial charge in [0.1, 0.15) is 0 Å². The second-order valence-electron chi connectivity index (χ2n) is 6.73. The number of hydrogen-bond donors (Lipinski definition) is 1. The van der Waals surface area contributed by atoms with Crippen LogP contribution in [-0.4, -0.2) is 18.7 Å². The van der Waals surface area contributed by atoms with Crippen molar-refractivity contribution in [1.82, 2.24) is 0 Å². The number of carbonyl (C=O) groups excluding carboxylic acids is 1. The Hall–Kier alpha value is -2.14. The van der Waals surface area contributed by atoms with E-state index in [0.717, 1.165) is 26.9 Å². The lowest BCUT2D eigenvalue weighted by Crippen LogP contribution is -2.19. The summed E-state index contributed by atoms with van der Waals surface area (Å²) in [6.07, 6.45) is 1.58. The minimum Gasteiger partial charge on any atom is -0.386 e. The number of anilines is 1. The van der Waals surface area contributed by atoms with Crippen molar-refractivity contribution in [2.75, 3.05) is 11.9 Å². The van der Waals surface area contributed by atoms with Gasteiger partial charge in [-0.15, -0.1) is 0 Å². The van der Waals surface area contributed by atoms with Gasteiger partial charge in [0, 0.05) is 10.2 Å². The molecule has 4 nitrogen and oxygen atoms in total. The Balaban J connectivity index is 2.00. The molecule has 5 heteroatoms. The van der Waals surface area contributed by atoms with Crippen LogP contribution in [0.15, 0.2) is 52.1 Å². The van der Waals surface area contributed by atoms with E-state index in [4.69, 9.17) is 4.84 Å². The van der Waals surface area contributed by atoms with Crippen LogP contribution in [-0.2, 0) is 9.63 Å². The van der Waals surface area contributed by atoms with Gasteiger partial charge in [0.05, 0.1) is 6.21 Å². The van der Waals surface area contributed by atoms with E-state index in [9.17, 15) is 4.79 Å². The lowest BCUT2D eigenvalue weighted by Gasteiger charge is -2.19. The van der Waals surface area contributed by atoms with Crippen molar-refractivity contribution in [2.24, 2.45) is 5.16 Å². The molecular weight excluding hydrogens is 392 g/mol. The first-order valence-corrected chi connectivity index (χ1v) is 9.51.